The number of carbonyl (C=O) groups is 1. The molecule has 4 nitrogen and oxygen atoms in total. The maximum absolute atomic E-state index is 13.6. The molecular formula is C29H36N2O2. The van der Waals surface area contributed by atoms with E-state index in [0.29, 0.717) is 29.1 Å². The van der Waals surface area contributed by atoms with Crippen molar-refractivity contribution in [2.45, 2.75) is 70.6 Å². The number of nitrogens with zero attached hydrogens (tertiary/aromatic N) is 2. The molecule has 1 amide bonds. The minimum atomic E-state index is 0.180. The number of ether oxygens (including phenoxy) is 1. The minimum Gasteiger partial charge on any atom is -0.495 e. The van der Waals surface area contributed by atoms with Crippen molar-refractivity contribution in [2.75, 3.05) is 18.6 Å². The summed E-state index contributed by atoms with van der Waals surface area (Å²) in [5, 5.41) is 9.43. The average Bonchev–Trinajstić information content (AvgIpc) is 2.87. The van der Waals surface area contributed by atoms with Crippen LogP contribution in [0.3, 0.4) is 0 Å². The van der Waals surface area contributed by atoms with Gasteiger partial charge in [-0.25, -0.2) is 0 Å². The largest absolute Gasteiger partial charge is 0.495 e. The van der Waals surface area contributed by atoms with E-state index in [1.54, 1.807) is 7.11 Å². The summed E-state index contributed by atoms with van der Waals surface area (Å²) in [6.45, 7) is 2.92. The van der Waals surface area contributed by atoms with Gasteiger partial charge in [-0.2, -0.15) is 5.26 Å². The monoisotopic (exact) mass is 444 g/mol. The normalized spacial score (nSPS) is 21.2. The van der Waals surface area contributed by atoms with Gasteiger partial charge in [-0.05, 0) is 92.7 Å². The molecule has 2 saturated carbocycles. The molecule has 0 spiro atoms. The highest BCUT2D eigenvalue weighted by Crippen LogP contribution is 2.38. The topological polar surface area (TPSA) is 53.3 Å². The predicted octanol–water partition coefficient (Wildman–Crippen LogP) is 6.76. The highest BCUT2D eigenvalue weighted by Gasteiger charge is 2.31. The lowest BCUT2D eigenvalue weighted by atomic mass is 9.78. The molecule has 0 N–H and O–H groups in total. The van der Waals surface area contributed by atoms with Crippen LogP contribution in [-0.4, -0.2) is 19.6 Å². The van der Waals surface area contributed by atoms with E-state index in [0.717, 1.165) is 50.8 Å². The Morgan fingerprint density at radius 2 is 1.79 bits per heavy atom. The molecular weight excluding hydrogens is 408 g/mol. The van der Waals surface area contributed by atoms with Crippen molar-refractivity contribution < 1.29 is 9.53 Å². The number of carbonyl (C=O) groups excluding carboxylic acids is 1. The highest BCUT2D eigenvalue weighted by atomic mass is 16.5. The Morgan fingerprint density at radius 1 is 1.03 bits per heavy atom. The van der Waals surface area contributed by atoms with Gasteiger partial charge in [-0.15, -0.1) is 0 Å². The lowest BCUT2D eigenvalue weighted by molar-refractivity contribution is -0.123. The Bertz CT molecular complexity index is 995. The third-order valence-corrected chi connectivity index (χ3v) is 7.64. The summed E-state index contributed by atoms with van der Waals surface area (Å²) in [4.78, 5) is 15.7. The van der Waals surface area contributed by atoms with Crippen molar-refractivity contribution in [1.82, 2.24) is 0 Å². The number of benzene rings is 2. The van der Waals surface area contributed by atoms with Crippen molar-refractivity contribution in [2.24, 2.45) is 11.8 Å². The van der Waals surface area contributed by atoms with E-state index in [-0.39, 0.29) is 5.92 Å². The van der Waals surface area contributed by atoms with E-state index in [9.17, 15) is 10.1 Å². The van der Waals surface area contributed by atoms with E-state index < -0.39 is 0 Å². The van der Waals surface area contributed by atoms with Gasteiger partial charge in [-0.3, -0.25) is 4.79 Å². The number of anilines is 1. The van der Waals surface area contributed by atoms with E-state index >= 15 is 0 Å². The molecule has 0 bridgehead atoms. The summed E-state index contributed by atoms with van der Waals surface area (Å²) in [5.41, 5.74) is 4.10. The van der Waals surface area contributed by atoms with Crippen LogP contribution in [0.25, 0.3) is 0 Å². The lowest BCUT2D eigenvalue weighted by Gasteiger charge is -2.35. The van der Waals surface area contributed by atoms with Crippen LogP contribution >= 0.6 is 0 Å². The first-order valence-electron chi connectivity index (χ1n) is 12.5. The predicted molar refractivity (Wildman–Crippen MR) is 133 cm³/mol. The number of hydrogen-bond acceptors (Lipinski definition) is 3. The van der Waals surface area contributed by atoms with Crippen LogP contribution in [0, 0.1) is 30.1 Å². The summed E-state index contributed by atoms with van der Waals surface area (Å²) >= 11 is 0. The van der Waals surface area contributed by atoms with Crippen molar-refractivity contribution in [3.05, 3.63) is 59.2 Å². The first kappa shape index (κ1) is 23.4. The summed E-state index contributed by atoms with van der Waals surface area (Å²) in [6, 6.07) is 16.7. The first-order valence-corrected chi connectivity index (χ1v) is 12.5. The Labute approximate surface area is 198 Å². The SMILES string of the molecule is COc1ccc(C2CCC(CN(C(=O)C3CCCCC3)c3cccc(C)c3)CC2)cc1C#N. The number of hydrogen-bond donors (Lipinski definition) is 0. The van der Waals surface area contributed by atoms with Crippen molar-refractivity contribution in [1.29, 1.82) is 5.26 Å². The molecule has 0 aliphatic heterocycles. The molecule has 0 heterocycles. The molecule has 2 aliphatic rings. The second-order valence-corrected chi connectivity index (χ2v) is 9.91. The van der Waals surface area contributed by atoms with Crippen LogP contribution in [0.2, 0.25) is 0 Å². The van der Waals surface area contributed by atoms with Gasteiger partial charge in [0.2, 0.25) is 5.91 Å². The quantitative estimate of drug-likeness (QED) is 0.494. The lowest BCUT2D eigenvalue weighted by Crippen LogP contribution is -2.41. The van der Waals surface area contributed by atoms with Gasteiger partial charge in [0.1, 0.15) is 11.8 Å². The number of rotatable bonds is 6. The van der Waals surface area contributed by atoms with Crippen LogP contribution in [0.5, 0.6) is 5.75 Å². The maximum Gasteiger partial charge on any atom is 0.230 e. The second kappa shape index (κ2) is 10.9. The third-order valence-electron chi connectivity index (χ3n) is 7.64. The Hall–Kier alpha value is -2.80. The molecule has 0 atom stereocenters. The third kappa shape index (κ3) is 5.58. The van der Waals surface area contributed by atoms with Crippen LogP contribution in [-0.2, 0) is 4.79 Å². The molecule has 4 rings (SSSR count). The average molecular weight is 445 g/mol. The van der Waals surface area contributed by atoms with E-state index in [2.05, 4.69) is 48.2 Å². The molecule has 0 saturated heterocycles. The summed E-state index contributed by atoms with van der Waals surface area (Å²) in [6.07, 6.45) is 10.1. The number of nitriles is 1. The van der Waals surface area contributed by atoms with Crippen LogP contribution < -0.4 is 9.64 Å². The van der Waals surface area contributed by atoms with Gasteiger partial charge < -0.3 is 9.64 Å². The molecule has 0 radical (unpaired) electrons. The van der Waals surface area contributed by atoms with Crippen LogP contribution in [0.1, 0.15) is 80.4 Å². The number of methoxy groups -OCH3 is 1. The number of aryl methyl sites for hydroxylation is 1. The van der Waals surface area contributed by atoms with Gasteiger partial charge in [-0.1, -0.05) is 37.5 Å². The van der Waals surface area contributed by atoms with Crippen molar-refractivity contribution in [3.8, 4) is 11.8 Å². The minimum absolute atomic E-state index is 0.180. The molecule has 174 valence electrons. The maximum atomic E-state index is 13.6. The summed E-state index contributed by atoms with van der Waals surface area (Å²) in [7, 11) is 1.61. The Morgan fingerprint density at radius 3 is 2.45 bits per heavy atom. The second-order valence-electron chi connectivity index (χ2n) is 9.91. The first-order chi connectivity index (χ1) is 16.1. The molecule has 2 fully saturated rings. The molecule has 0 unspecified atom stereocenters. The smallest absolute Gasteiger partial charge is 0.230 e. The van der Waals surface area contributed by atoms with Crippen molar-refractivity contribution in [3.63, 3.8) is 0 Å². The van der Waals surface area contributed by atoms with E-state index in [1.165, 1.54) is 30.4 Å². The molecule has 33 heavy (non-hydrogen) atoms. The Kier molecular flexibility index (Phi) is 7.70. The molecule has 2 aromatic carbocycles. The zero-order valence-electron chi connectivity index (χ0n) is 20.1. The fraction of sp³-hybridized carbons (Fsp3) is 0.517. The fourth-order valence-electron chi connectivity index (χ4n) is 5.69. The van der Waals surface area contributed by atoms with Gasteiger partial charge in [0.25, 0.3) is 0 Å². The Balaban J connectivity index is 1.44. The summed E-state index contributed by atoms with van der Waals surface area (Å²) < 4.78 is 5.30. The van der Waals surface area contributed by atoms with Crippen molar-refractivity contribution >= 4 is 11.6 Å². The van der Waals surface area contributed by atoms with Crippen LogP contribution in [0.4, 0.5) is 5.69 Å². The van der Waals surface area contributed by atoms with Gasteiger partial charge >= 0.3 is 0 Å². The molecule has 2 aliphatic carbocycles. The molecule has 4 heteroatoms. The van der Waals surface area contributed by atoms with Gasteiger partial charge in [0.15, 0.2) is 0 Å². The summed E-state index contributed by atoms with van der Waals surface area (Å²) in [5.74, 6) is 2.14. The number of amides is 1. The molecule has 0 aromatic heterocycles. The fourth-order valence-corrected chi connectivity index (χ4v) is 5.69. The molecule has 2 aromatic rings. The zero-order chi connectivity index (χ0) is 23.2. The highest BCUT2D eigenvalue weighted by molar-refractivity contribution is 5.95. The van der Waals surface area contributed by atoms with Crippen LogP contribution in [0.15, 0.2) is 42.5 Å². The van der Waals surface area contributed by atoms with Gasteiger partial charge in [0.05, 0.1) is 12.7 Å². The van der Waals surface area contributed by atoms with E-state index in [1.807, 2.05) is 12.1 Å². The standard InChI is InChI=1S/C29H36N2O2/c1-21-7-6-10-27(17-21)31(29(32)24-8-4-3-5-9-24)20-22-11-13-23(14-12-22)25-15-16-28(33-2)26(18-25)19-30/h6-7,10,15-18,22-24H,3-5,8-9,11-14,20H2,1-2H3. The van der Waals surface area contributed by atoms with E-state index in [4.69, 9.17) is 4.74 Å². The zero-order valence-corrected chi connectivity index (χ0v) is 20.1. The van der Waals surface area contributed by atoms with Gasteiger partial charge in [0, 0.05) is 18.2 Å².